The molecule has 0 aliphatic heterocycles. The van der Waals surface area contributed by atoms with Crippen LogP contribution in [0.4, 0.5) is 5.69 Å². The average molecular weight is 315 g/mol. The Morgan fingerprint density at radius 2 is 1.87 bits per heavy atom. The molecule has 0 radical (unpaired) electrons. The molecule has 0 saturated heterocycles. The number of aryl methyl sites for hydroxylation is 1. The predicted octanol–water partition coefficient (Wildman–Crippen LogP) is 2.28. The van der Waals surface area contributed by atoms with Gasteiger partial charge in [-0.15, -0.1) is 0 Å². The van der Waals surface area contributed by atoms with Crippen LogP contribution in [0.2, 0.25) is 0 Å². The Bertz CT molecular complexity index is 697. The molecule has 2 aromatic rings. The molecule has 2 aromatic carbocycles. The summed E-state index contributed by atoms with van der Waals surface area (Å²) in [7, 11) is 1.00. The van der Waals surface area contributed by atoms with Crippen LogP contribution in [0.3, 0.4) is 0 Å². The zero-order chi connectivity index (χ0) is 17.2. The van der Waals surface area contributed by atoms with Gasteiger partial charge in [0.25, 0.3) is 11.6 Å². The number of non-ortho nitro benzene ring substituents is 1. The van der Waals surface area contributed by atoms with Gasteiger partial charge in [-0.1, -0.05) is 17.7 Å². The second kappa shape index (κ2) is 9.06. The molecule has 7 heteroatoms. The minimum Gasteiger partial charge on any atom is -0.400 e. The van der Waals surface area contributed by atoms with Crippen LogP contribution < -0.4 is 5.43 Å². The monoisotopic (exact) mass is 315 g/mol. The van der Waals surface area contributed by atoms with E-state index < -0.39 is 4.92 Å². The normalized spacial score (nSPS) is 9.87. The molecule has 120 valence electrons. The Balaban J connectivity index is 0.00000127. The highest BCUT2D eigenvalue weighted by molar-refractivity contribution is 5.95. The largest absolute Gasteiger partial charge is 0.400 e. The molecular formula is C16H17N3O4. The lowest BCUT2D eigenvalue weighted by Gasteiger charge is -2.00. The van der Waals surface area contributed by atoms with Gasteiger partial charge >= 0.3 is 0 Å². The zero-order valence-electron chi connectivity index (χ0n) is 12.8. The van der Waals surface area contributed by atoms with Crippen molar-refractivity contribution in [3.8, 4) is 0 Å². The summed E-state index contributed by atoms with van der Waals surface area (Å²) in [5.41, 5.74) is 4.59. The Labute approximate surface area is 133 Å². The van der Waals surface area contributed by atoms with Crippen molar-refractivity contribution in [1.29, 1.82) is 0 Å². The third-order valence-corrected chi connectivity index (χ3v) is 2.76. The summed E-state index contributed by atoms with van der Waals surface area (Å²) in [5, 5.41) is 21.3. The summed E-state index contributed by atoms with van der Waals surface area (Å²) >= 11 is 0. The second-order valence-corrected chi connectivity index (χ2v) is 4.42. The topological polar surface area (TPSA) is 105 Å². The molecule has 0 aromatic heterocycles. The number of amides is 1. The van der Waals surface area contributed by atoms with Crippen LogP contribution in [-0.2, 0) is 0 Å². The minimum atomic E-state index is -0.472. The molecule has 0 unspecified atom stereocenters. The second-order valence-electron chi connectivity index (χ2n) is 4.42. The van der Waals surface area contributed by atoms with E-state index in [0.29, 0.717) is 11.1 Å². The smallest absolute Gasteiger partial charge is 0.271 e. The fourth-order valence-corrected chi connectivity index (χ4v) is 1.70. The molecule has 0 aliphatic carbocycles. The van der Waals surface area contributed by atoms with Crippen molar-refractivity contribution in [3.63, 3.8) is 0 Å². The van der Waals surface area contributed by atoms with Crippen molar-refractivity contribution in [2.75, 3.05) is 7.11 Å². The minimum absolute atomic E-state index is 0.0101. The van der Waals surface area contributed by atoms with Gasteiger partial charge in [0.2, 0.25) is 0 Å². The van der Waals surface area contributed by atoms with E-state index in [0.717, 1.165) is 12.7 Å². The van der Waals surface area contributed by atoms with Crippen molar-refractivity contribution >= 4 is 17.8 Å². The number of hydrogen-bond acceptors (Lipinski definition) is 5. The molecule has 0 aliphatic rings. The van der Waals surface area contributed by atoms with Crippen molar-refractivity contribution in [3.05, 3.63) is 75.3 Å². The van der Waals surface area contributed by atoms with Gasteiger partial charge in [0.1, 0.15) is 0 Å². The van der Waals surface area contributed by atoms with Gasteiger partial charge in [0.15, 0.2) is 0 Å². The van der Waals surface area contributed by atoms with Crippen molar-refractivity contribution < 1.29 is 14.8 Å². The summed E-state index contributed by atoms with van der Waals surface area (Å²) in [4.78, 5) is 21.9. The standard InChI is InChI=1S/C15H13N3O3.CH4O/c1-11-3-2-4-13(9-11)15(19)17-16-10-12-5-7-14(8-6-12)18(20)21;1-2/h2-10H,1H3,(H,17,19);2H,1H3/b16-10+;. The van der Waals surface area contributed by atoms with E-state index in [1.54, 1.807) is 30.3 Å². The number of rotatable bonds is 4. The molecule has 2 rings (SSSR count). The van der Waals surface area contributed by atoms with Crippen LogP contribution in [0.5, 0.6) is 0 Å². The molecular weight excluding hydrogens is 298 g/mol. The number of carbonyl (C=O) groups excluding carboxylic acids is 1. The zero-order valence-corrected chi connectivity index (χ0v) is 12.8. The molecule has 1 amide bonds. The number of benzene rings is 2. The average Bonchev–Trinajstić information content (AvgIpc) is 2.57. The lowest BCUT2D eigenvalue weighted by Crippen LogP contribution is -2.17. The van der Waals surface area contributed by atoms with Crippen LogP contribution in [0, 0.1) is 17.0 Å². The number of nitrogens with one attached hydrogen (secondary N) is 1. The molecule has 23 heavy (non-hydrogen) atoms. The Hall–Kier alpha value is -3.06. The molecule has 0 spiro atoms. The number of aliphatic hydroxyl groups excluding tert-OH is 1. The van der Waals surface area contributed by atoms with E-state index in [-0.39, 0.29) is 11.6 Å². The number of aliphatic hydroxyl groups is 1. The number of carbonyl (C=O) groups is 1. The summed E-state index contributed by atoms with van der Waals surface area (Å²) in [6.45, 7) is 1.90. The number of hydrazone groups is 1. The van der Waals surface area contributed by atoms with E-state index in [1.807, 2.05) is 13.0 Å². The quantitative estimate of drug-likeness (QED) is 0.513. The first-order valence-corrected chi connectivity index (χ1v) is 6.65. The maximum Gasteiger partial charge on any atom is 0.271 e. The number of nitro benzene ring substituents is 1. The summed E-state index contributed by atoms with van der Waals surface area (Å²) in [5.74, 6) is -0.308. The van der Waals surface area contributed by atoms with Crippen molar-refractivity contribution in [2.24, 2.45) is 5.10 Å². The van der Waals surface area contributed by atoms with E-state index in [9.17, 15) is 14.9 Å². The summed E-state index contributed by atoms with van der Waals surface area (Å²) in [6.07, 6.45) is 1.43. The van der Waals surface area contributed by atoms with Gasteiger partial charge in [-0.3, -0.25) is 14.9 Å². The number of hydrogen-bond donors (Lipinski definition) is 2. The molecule has 0 atom stereocenters. The van der Waals surface area contributed by atoms with Gasteiger partial charge in [-0.05, 0) is 36.8 Å². The lowest BCUT2D eigenvalue weighted by molar-refractivity contribution is -0.384. The molecule has 0 fully saturated rings. The van der Waals surface area contributed by atoms with E-state index in [2.05, 4.69) is 10.5 Å². The van der Waals surface area contributed by atoms with Crippen molar-refractivity contribution in [2.45, 2.75) is 6.92 Å². The van der Waals surface area contributed by atoms with Crippen molar-refractivity contribution in [1.82, 2.24) is 5.43 Å². The van der Waals surface area contributed by atoms with Crippen LogP contribution in [0.15, 0.2) is 53.6 Å². The third kappa shape index (κ3) is 5.68. The van der Waals surface area contributed by atoms with Gasteiger partial charge in [0.05, 0.1) is 11.1 Å². The van der Waals surface area contributed by atoms with Gasteiger partial charge < -0.3 is 5.11 Å². The number of nitro groups is 1. The maximum atomic E-state index is 11.8. The van der Waals surface area contributed by atoms with E-state index >= 15 is 0 Å². The summed E-state index contributed by atoms with van der Waals surface area (Å²) in [6, 6.07) is 13.0. The maximum absolute atomic E-state index is 11.8. The Kier molecular flexibility index (Phi) is 7.09. The molecule has 2 N–H and O–H groups in total. The first-order valence-electron chi connectivity index (χ1n) is 6.65. The van der Waals surface area contributed by atoms with Crippen LogP contribution in [-0.4, -0.2) is 29.3 Å². The summed E-state index contributed by atoms with van der Waals surface area (Å²) < 4.78 is 0. The van der Waals surface area contributed by atoms with E-state index in [1.165, 1.54) is 18.3 Å². The highest BCUT2D eigenvalue weighted by atomic mass is 16.6. The predicted molar refractivity (Wildman–Crippen MR) is 87.5 cm³/mol. The van der Waals surface area contributed by atoms with Gasteiger partial charge in [0, 0.05) is 24.8 Å². The molecule has 7 nitrogen and oxygen atoms in total. The van der Waals surface area contributed by atoms with Crippen LogP contribution in [0.25, 0.3) is 0 Å². The van der Waals surface area contributed by atoms with Gasteiger partial charge in [-0.2, -0.15) is 5.10 Å². The first kappa shape index (κ1) is 18.0. The molecule has 0 bridgehead atoms. The van der Waals surface area contributed by atoms with Gasteiger partial charge in [-0.25, -0.2) is 5.43 Å². The Morgan fingerprint density at radius 3 is 2.43 bits per heavy atom. The molecule has 0 saturated carbocycles. The molecule has 0 heterocycles. The van der Waals surface area contributed by atoms with Crippen LogP contribution >= 0.6 is 0 Å². The highest BCUT2D eigenvalue weighted by Crippen LogP contribution is 2.10. The first-order chi connectivity index (χ1) is 11.1. The highest BCUT2D eigenvalue weighted by Gasteiger charge is 2.04. The van der Waals surface area contributed by atoms with Crippen LogP contribution in [0.1, 0.15) is 21.5 Å². The number of nitrogens with zero attached hydrogens (tertiary/aromatic N) is 2. The fraction of sp³-hybridized carbons (Fsp3) is 0.125. The SMILES string of the molecule is CO.Cc1cccc(C(=O)N/N=C/c2ccc([N+](=O)[O-])cc2)c1. The van der Waals surface area contributed by atoms with E-state index in [4.69, 9.17) is 5.11 Å². The fourth-order valence-electron chi connectivity index (χ4n) is 1.70. The Morgan fingerprint density at radius 1 is 1.22 bits per heavy atom. The third-order valence-electron chi connectivity index (χ3n) is 2.76. The lowest BCUT2D eigenvalue weighted by atomic mass is 10.1.